The summed E-state index contributed by atoms with van der Waals surface area (Å²) in [6.07, 6.45) is 0. The van der Waals surface area contributed by atoms with Gasteiger partial charge in [0.1, 0.15) is 10.7 Å². The van der Waals surface area contributed by atoms with Crippen LogP contribution >= 0.6 is 0 Å². The molecule has 0 unspecified atom stereocenters. The minimum absolute atomic E-state index is 0.0541. The Morgan fingerprint density at radius 3 is 2.12 bits per heavy atom. The van der Waals surface area contributed by atoms with Crippen molar-refractivity contribution >= 4 is 15.9 Å². The van der Waals surface area contributed by atoms with E-state index < -0.39 is 26.6 Å². The van der Waals surface area contributed by atoms with Gasteiger partial charge >= 0.3 is 0 Å². The van der Waals surface area contributed by atoms with Gasteiger partial charge in [0, 0.05) is 5.56 Å². The Balaban J connectivity index is 2.09. The molecule has 0 fully saturated rings. The number of benzene rings is 2. The molecule has 0 aliphatic rings. The summed E-state index contributed by atoms with van der Waals surface area (Å²) in [5, 5.41) is 0. The predicted octanol–water partition coefficient (Wildman–Crippen LogP) is 2.75. The van der Waals surface area contributed by atoms with Gasteiger partial charge in [0.05, 0.1) is 0 Å². The number of halogens is 1. The van der Waals surface area contributed by atoms with E-state index in [1.54, 1.807) is 24.3 Å². The van der Waals surface area contributed by atoms with Crippen LogP contribution in [0.3, 0.4) is 0 Å². The van der Waals surface area contributed by atoms with Crippen LogP contribution in [0.15, 0.2) is 53.4 Å². The molecule has 2 aromatic rings. The summed E-state index contributed by atoms with van der Waals surface area (Å²) >= 11 is 0. The highest BCUT2D eigenvalue weighted by Crippen LogP contribution is 2.22. The van der Waals surface area contributed by atoms with Crippen LogP contribution in [-0.2, 0) is 15.4 Å². The van der Waals surface area contributed by atoms with Crippen molar-refractivity contribution in [2.45, 2.75) is 31.1 Å². The number of hydrogen-bond acceptors (Lipinski definition) is 3. The van der Waals surface area contributed by atoms with Gasteiger partial charge in [0.25, 0.3) is 15.9 Å². The topological polar surface area (TPSA) is 75.3 Å². The zero-order chi connectivity index (χ0) is 18.0. The molecular weight excluding hydrogens is 331 g/mol. The van der Waals surface area contributed by atoms with Crippen molar-refractivity contribution in [3.05, 3.63) is 65.5 Å². The molecule has 2 aromatic carbocycles. The van der Waals surface area contributed by atoms with Gasteiger partial charge in [-0.2, -0.15) is 0 Å². The number of carbonyl (C=O) groups excluding carboxylic acids is 1. The van der Waals surface area contributed by atoms with Crippen LogP contribution in [0.25, 0.3) is 0 Å². The van der Waals surface area contributed by atoms with Gasteiger partial charge in [0.2, 0.25) is 0 Å². The summed E-state index contributed by atoms with van der Waals surface area (Å²) in [5.41, 5.74) is 3.36. The molecule has 0 bridgehead atoms. The summed E-state index contributed by atoms with van der Waals surface area (Å²) in [4.78, 5) is 13.4. The van der Waals surface area contributed by atoms with Crippen molar-refractivity contribution in [1.82, 2.24) is 10.3 Å². The van der Waals surface area contributed by atoms with Crippen LogP contribution < -0.4 is 10.3 Å². The SMILES string of the molecule is CC(C)(C)c1ccc(C(=O)NNS(=O)(=O)c2ccccc2F)cc1. The average Bonchev–Trinajstić information content (AvgIpc) is 2.52. The van der Waals surface area contributed by atoms with E-state index in [2.05, 4.69) is 5.43 Å². The highest BCUT2D eigenvalue weighted by molar-refractivity contribution is 7.89. The number of carbonyl (C=O) groups is 1. The van der Waals surface area contributed by atoms with Gasteiger partial charge in [-0.25, -0.2) is 12.8 Å². The van der Waals surface area contributed by atoms with Gasteiger partial charge in [-0.3, -0.25) is 10.2 Å². The first-order valence-electron chi connectivity index (χ1n) is 7.28. The second kappa shape index (κ2) is 6.70. The van der Waals surface area contributed by atoms with E-state index in [-0.39, 0.29) is 5.41 Å². The van der Waals surface area contributed by atoms with E-state index in [9.17, 15) is 17.6 Å². The highest BCUT2D eigenvalue weighted by Gasteiger charge is 2.20. The molecule has 0 radical (unpaired) electrons. The number of amides is 1. The lowest BCUT2D eigenvalue weighted by Crippen LogP contribution is -2.41. The predicted molar refractivity (Wildman–Crippen MR) is 89.3 cm³/mol. The Kier molecular flexibility index (Phi) is 5.05. The van der Waals surface area contributed by atoms with Gasteiger partial charge in [0.15, 0.2) is 0 Å². The summed E-state index contributed by atoms with van der Waals surface area (Å²) in [5.74, 6) is -1.52. The Morgan fingerprint density at radius 1 is 1.00 bits per heavy atom. The molecule has 24 heavy (non-hydrogen) atoms. The lowest BCUT2D eigenvalue weighted by Gasteiger charge is -2.19. The molecule has 1 amide bonds. The molecule has 7 heteroatoms. The molecule has 5 nitrogen and oxygen atoms in total. The van der Waals surface area contributed by atoms with E-state index >= 15 is 0 Å². The average molecular weight is 350 g/mol. The number of rotatable bonds is 4. The fourth-order valence-corrected chi connectivity index (χ4v) is 2.94. The Bertz CT molecular complexity index is 841. The molecule has 0 spiro atoms. The molecule has 0 saturated heterocycles. The molecule has 0 aromatic heterocycles. The van der Waals surface area contributed by atoms with Crippen molar-refractivity contribution in [2.24, 2.45) is 0 Å². The number of sulfonamides is 1. The van der Waals surface area contributed by atoms with Crippen molar-refractivity contribution in [3.8, 4) is 0 Å². The number of hydrogen-bond donors (Lipinski definition) is 2. The standard InChI is InChI=1S/C17H19FN2O3S/c1-17(2,3)13-10-8-12(9-11-13)16(21)19-20-24(22,23)15-7-5-4-6-14(15)18/h4-11,20H,1-3H3,(H,19,21). The maximum absolute atomic E-state index is 13.6. The van der Waals surface area contributed by atoms with Crippen LogP contribution in [0.5, 0.6) is 0 Å². The van der Waals surface area contributed by atoms with Gasteiger partial charge in [-0.05, 0) is 35.2 Å². The molecule has 0 aliphatic heterocycles. The van der Waals surface area contributed by atoms with Crippen LogP contribution in [0.4, 0.5) is 4.39 Å². The number of nitrogens with one attached hydrogen (secondary N) is 2. The third-order valence-electron chi connectivity index (χ3n) is 3.44. The molecule has 0 aliphatic carbocycles. The first kappa shape index (κ1) is 18.1. The zero-order valence-corrected chi connectivity index (χ0v) is 14.4. The van der Waals surface area contributed by atoms with Gasteiger partial charge < -0.3 is 0 Å². The van der Waals surface area contributed by atoms with Crippen molar-refractivity contribution < 1.29 is 17.6 Å². The molecule has 0 saturated carbocycles. The van der Waals surface area contributed by atoms with E-state index in [4.69, 9.17) is 0 Å². The normalized spacial score (nSPS) is 12.0. The Hall–Kier alpha value is -2.25. The second-order valence-electron chi connectivity index (χ2n) is 6.32. The molecule has 0 heterocycles. The fourth-order valence-electron chi connectivity index (χ4n) is 2.02. The van der Waals surface area contributed by atoms with Crippen LogP contribution in [-0.4, -0.2) is 14.3 Å². The third kappa shape index (κ3) is 4.18. The summed E-state index contributed by atoms with van der Waals surface area (Å²) in [6.45, 7) is 6.14. The van der Waals surface area contributed by atoms with Gasteiger partial charge in [-0.15, -0.1) is 4.83 Å². The minimum Gasteiger partial charge on any atom is -0.273 e. The summed E-state index contributed by atoms with van der Waals surface area (Å²) in [7, 11) is -4.18. The smallest absolute Gasteiger partial charge is 0.266 e. The second-order valence-corrected chi connectivity index (χ2v) is 7.97. The van der Waals surface area contributed by atoms with Crippen LogP contribution in [0, 0.1) is 5.82 Å². The lowest BCUT2D eigenvalue weighted by atomic mass is 9.87. The van der Waals surface area contributed by atoms with E-state index in [1.807, 2.05) is 25.6 Å². The van der Waals surface area contributed by atoms with Crippen LogP contribution in [0.1, 0.15) is 36.7 Å². The summed E-state index contributed by atoms with van der Waals surface area (Å²) in [6, 6.07) is 11.7. The first-order valence-corrected chi connectivity index (χ1v) is 8.77. The molecule has 0 atom stereocenters. The highest BCUT2D eigenvalue weighted by atomic mass is 32.2. The molecule has 2 N–H and O–H groups in total. The maximum Gasteiger partial charge on any atom is 0.266 e. The molecule has 2 rings (SSSR count). The monoisotopic (exact) mass is 350 g/mol. The minimum atomic E-state index is -4.18. The van der Waals surface area contributed by atoms with Crippen molar-refractivity contribution in [1.29, 1.82) is 0 Å². The molecule has 128 valence electrons. The third-order valence-corrected chi connectivity index (χ3v) is 4.72. The first-order chi connectivity index (χ1) is 11.1. The Morgan fingerprint density at radius 2 is 1.58 bits per heavy atom. The fraction of sp³-hybridized carbons (Fsp3) is 0.235. The van der Waals surface area contributed by atoms with E-state index in [0.717, 1.165) is 17.7 Å². The lowest BCUT2D eigenvalue weighted by molar-refractivity contribution is 0.0945. The maximum atomic E-state index is 13.6. The number of hydrazine groups is 1. The Labute approximate surface area is 140 Å². The van der Waals surface area contributed by atoms with Crippen molar-refractivity contribution in [3.63, 3.8) is 0 Å². The largest absolute Gasteiger partial charge is 0.273 e. The van der Waals surface area contributed by atoms with Gasteiger partial charge in [-0.1, -0.05) is 45.0 Å². The summed E-state index contributed by atoms with van der Waals surface area (Å²) < 4.78 is 37.6. The van der Waals surface area contributed by atoms with E-state index in [0.29, 0.717) is 5.56 Å². The van der Waals surface area contributed by atoms with Crippen LogP contribution in [0.2, 0.25) is 0 Å². The quantitative estimate of drug-likeness (QED) is 0.833. The zero-order valence-electron chi connectivity index (χ0n) is 13.6. The molecular formula is C17H19FN2O3S. The van der Waals surface area contributed by atoms with Crippen molar-refractivity contribution in [2.75, 3.05) is 0 Å². The van der Waals surface area contributed by atoms with E-state index in [1.165, 1.54) is 12.1 Å².